The Morgan fingerprint density at radius 1 is 1.20 bits per heavy atom. The van der Waals surface area contributed by atoms with Crippen LogP contribution in [0.5, 0.6) is 0 Å². The fraction of sp³-hybridized carbons (Fsp3) is 0.375. The minimum Gasteiger partial charge on any atom is -0.264 e. The molecule has 0 saturated carbocycles. The summed E-state index contributed by atoms with van der Waals surface area (Å²) in [5.41, 5.74) is 2.56. The van der Waals surface area contributed by atoms with Gasteiger partial charge in [-0.05, 0) is 37.3 Å². The van der Waals surface area contributed by atoms with E-state index in [1.165, 1.54) is 11.1 Å². The van der Waals surface area contributed by atoms with Crippen molar-refractivity contribution in [1.82, 2.24) is 4.98 Å². The number of nitrogens with zero attached hydrogens (tertiary/aromatic N) is 1. The van der Waals surface area contributed by atoms with Crippen LogP contribution in [0.15, 0.2) is 18.5 Å². The largest absolute Gasteiger partial charge is 0.264 e. The van der Waals surface area contributed by atoms with Crippen molar-refractivity contribution in [3.05, 3.63) is 29.6 Å². The molecule has 0 aliphatic heterocycles. The van der Waals surface area contributed by atoms with Gasteiger partial charge >= 0.3 is 0 Å². The summed E-state index contributed by atoms with van der Waals surface area (Å²) in [5, 5.41) is 0. The summed E-state index contributed by atoms with van der Waals surface area (Å²) in [7, 11) is 0. The quantitative estimate of drug-likeness (QED) is 0.567. The Morgan fingerprint density at radius 3 is 2.10 bits per heavy atom. The van der Waals surface area contributed by atoms with Gasteiger partial charge in [0.25, 0.3) is 0 Å². The number of aryl methyl sites for hydroxylation is 2. The molecule has 1 aromatic heterocycles. The summed E-state index contributed by atoms with van der Waals surface area (Å²) >= 11 is 3.53. The summed E-state index contributed by atoms with van der Waals surface area (Å²) < 4.78 is 0. The lowest BCUT2D eigenvalue weighted by Crippen LogP contribution is -1.78. The van der Waals surface area contributed by atoms with Crippen molar-refractivity contribution < 1.29 is 0 Å². The Bertz CT molecular complexity index is 165. The van der Waals surface area contributed by atoms with Gasteiger partial charge in [-0.2, -0.15) is 12.6 Å². The Morgan fingerprint density at radius 2 is 1.80 bits per heavy atom. The van der Waals surface area contributed by atoms with Crippen molar-refractivity contribution in [2.75, 3.05) is 6.26 Å². The minimum absolute atomic E-state index is 1.26. The lowest BCUT2D eigenvalue weighted by Gasteiger charge is -1.92. The first kappa shape index (κ1) is 9.50. The van der Waals surface area contributed by atoms with E-state index in [4.69, 9.17) is 0 Å². The molecule has 0 aromatic carbocycles. The normalized spacial score (nSPS) is 8.00. The van der Waals surface area contributed by atoms with Crippen molar-refractivity contribution in [1.29, 1.82) is 0 Å². The molecule has 0 fully saturated rings. The smallest absolute Gasteiger partial charge is 0.0299 e. The maximum atomic E-state index is 3.95. The molecule has 1 aromatic rings. The average Bonchev–Trinajstić information content (AvgIpc) is 2.00. The molecule has 1 heterocycles. The number of pyridine rings is 1. The predicted octanol–water partition coefficient (Wildman–Crippen LogP) is 2.24. The second-order valence-corrected chi connectivity index (χ2v) is 1.96. The average molecular weight is 155 g/mol. The second-order valence-electron chi connectivity index (χ2n) is 1.96. The van der Waals surface area contributed by atoms with E-state index in [9.17, 15) is 0 Å². The molecule has 0 N–H and O–H groups in total. The van der Waals surface area contributed by atoms with Gasteiger partial charge in [-0.15, -0.1) is 0 Å². The van der Waals surface area contributed by atoms with E-state index in [0.29, 0.717) is 0 Å². The molecule has 1 rings (SSSR count). The Balaban J connectivity index is 0.000000371. The van der Waals surface area contributed by atoms with Gasteiger partial charge in [0, 0.05) is 12.4 Å². The van der Waals surface area contributed by atoms with Crippen molar-refractivity contribution in [2.45, 2.75) is 13.8 Å². The lowest BCUT2D eigenvalue weighted by atomic mass is 10.2. The zero-order valence-corrected chi connectivity index (χ0v) is 7.52. The summed E-state index contributed by atoms with van der Waals surface area (Å²) in [4.78, 5) is 3.95. The molecule has 0 radical (unpaired) electrons. The van der Waals surface area contributed by atoms with Crippen LogP contribution in [0.3, 0.4) is 0 Å². The van der Waals surface area contributed by atoms with E-state index >= 15 is 0 Å². The first-order chi connectivity index (χ1) is 4.80. The molecule has 0 bridgehead atoms. The molecule has 0 spiro atoms. The topological polar surface area (TPSA) is 12.9 Å². The van der Waals surface area contributed by atoms with Gasteiger partial charge in [0.15, 0.2) is 0 Å². The highest BCUT2D eigenvalue weighted by atomic mass is 32.1. The molecule has 1 nitrogen and oxygen atoms in total. The minimum atomic E-state index is 1.26. The molecule has 0 aliphatic rings. The lowest BCUT2D eigenvalue weighted by molar-refractivity contribution is 1.22. The van der Waals surface area contributed by atoms with Gasteiger partial charge in [0.05, 0.1) is 0 Å². The number of hydrogen-bond acceptors (Lipinski definition) is 2. The molecule has 0 atom stereocenters. The van der Waals surface area contributed by atoms with E-state index in [0.717, 1.165) is 0 Å². The van der Waals surface area contributed by atoms with Crippen LogP contribution < -0.4 is 0 Å². The van der Waals surface area contributed by atoms with E-state index in [1.807, 2.05) is 18.5 Å². The van der Waals surface area contributed by atoms with Crippen molar-refractivity contribution in [3.8, 4) is 0 Å². The molecule has 0 saturated heterocycles. The molecular weight excluding hydrogens is 142 g/mol. The highest BCUT2D eigenvalue weighted by Crippen LogP contribution is 2.00. The van der Waals surface area contributed by atoms with Gasteiger partial charge in [-0.25, -0.2) is 0 Å². The molecule has 2 heteroatoms. The number of hydrogen-bond donors (Lipinski definition) is 1. The zero-order chi connectivity index (χ0) is 7.98. The fourth-order valence-electron chi connectivity index (χ4n) is 0.543. The first-order valence-electron chi connectivity index (χ1n) is 3.12. The van der Waals surface area contributed by atoms with Gasteiger partial charge in [0.2, 0.25) is 0 Å². The number of aromatic nitrogens is 1. The van der Waals surface area contributed by atoms with Crippen LogP contribution in [-0.2, 0) is 0 Å². The SMILES string of the molecule is CS.Cc1ccncc1C. The zero-order valence-electron chi connectivity index (χ0n) is 6.63. The molecule has 10 heavy (non-hydrogen) atoms. The fourth-order valence-corrected chi connectivity index (χ4v) is 0.543. The maximum absolute atomic E-state index is 3.95. The highest BCUT2D eigenvalue weighted by Gasteiger charge is 1.84. The molecule has 0 amide bonds. The Kier molecular flexibility index (Phi) is 5.03. The molecule has 56 valence electrons. The van der Waals surface area contributed by atoms with Crippen LogP contribution in [0.4, 0.5) is 0 Å². The summed E-state index contributed by atoms with van der Waals surface area (Å²) in [5.74, 6) is 0. The van der Waals surface area contributed by atoms with Crippen LogP contribution in [0.1, 0.15) is 11.1 Å². The number of rotatable bonds is 0. The van der Waals surface area contributed by atoms with Gasteiger partial charge in [-0.3, -0.25) is 4.98 Å². The van der Waals surface area contributed by atoms with Crippen LogP contribution in [-0.4, -0.2) is 11.2 Å². The van der Waals surface area contributed by atoms with Gasteiger partial charge in [-0.1, -0.05) is 0 Å². The summed E-state index contributed by atoms with van der Waals surface area (Å²) in [6.07, 6.45) is 5.37. The monoisotopic (exact) mass is 155 g/mol. The maximum Gasteiger partial charge on any atom is 0.0299 e. The van der Waals surface area contributed by atoms with E-state index < -0.39 is 0 Å². The van der Waals surface area contributed by atoms with Gasteiger partial charge in [0.1, 0.15) is 0 Å². The van der Waals surface area contributed by atoms with Gasteiger partial charge < -0.3 is 0 Å². The highest BCUT2D eigenvalue weighted by molar-refractivity contribution is 7.79. The summed E-state index contributed by atoms with van der Waals surface area (Å²) in [6.45, 7) is 4.14. The van der Waals surface area contributed by atoms with Crippen molar-refractivity contribution in [3.63, 3.8) is 0 Å². The summed E-state index contributed by atoms with van der Waals surface area (Å²) in [6, 6.07) is 2.01. The van der Waals surface area contributed by atoms with Crippen LogP contribution in [0, 0.1) is 13.8 Å². The van der Waals surface area contributed by atoms with E-state index in [-0.39, 0.29) is 0 Å². The standard InChI is InChI=1S/C7H9N.CH4S/c1-6-3-4-8-5-7(6)2;1-2/h3-5H,1-2H3;2H,1H3. The van der Waals surface area contributed by atoms with Crippen LogP contribution >= 0.6 is 12.6 Å². The Hall–Kier alpha value is -0.500. The third-order valence-electron chi connectivity index (χ3n) is 1.30. The molecule has 0 unspecified atom stereocenters. The first-order valence-corrected chi connectivity index (χ1v) is 4.02. The van der Waals surface area contributed by atoms with E-state index in [2.05, 4.69) is 31.5 Å². The van der Waals surface area contributed by atoms with Crippen molar-refractivity contribution >= 4 is 12.6 Å². The second kappa shape index (κ2) is 5.30. The molecule has 0 aliphatic carbocycles. The van der Waals surface area contributed by atoms with Crippen molar-refractivity contribution in [2.24, 2.45) is 0 Å². The number of thiol groups is 1. The van der Waals surface area contributed by atoms with E-state index in [1.54, 1.807) is 6.26 Å². The van der Waals surface area contributed by atoms with Crippen LogP contribution in [0.2, 0.25) is 0 Å². The predicted molar refractivity (Wildman–Crippen MR) is 48.6 cm³/mol. The molecular formula is C8H13NS. The third kappa shape index (κ3) is 2.87. The third-order valence-corrected chi connectivity index (χ3v) is 1.30. The Labute approximate surface area is 67.9 Å². The van der Waals surface area contributed by atoms with Crippen LogP contribution in [0.25, 0.3) is 0 Å².